The van der Waals surface area contributed by atoms with Crippen molar-refractivity contribution in [2.75, 3.05) is 39.4 Å². The lowest BCUT2D eigenvalue weighted by Gasteiger charge is -2.34. The van der Waals surface area contributed by atoms with Crippen molar-refractivity contribution in [1.82, 2.24) is 28.8 Å². The van der Waals surface area contributed by atoms with Gasteiger partial charge >= 0.3 is 5.97 Å². The zero-order valence-corrected chi connectivity index (χ0v) is 23.2. The molecule has 210 valence electrons. The SMILES string of the molecule is CCCc1nc(C)c2c(=O)[nH]c(-c3cc(S(=O)(=O)N4CCN(C(=O)COC(C)=O)CC4)ccc3OCC)nn12. The summed E-state index contributed by atoms with van der Waals surface area (Å²) >= 11 is 0. The summed E-state index contributed by atoms with van der Waals surface area (Å²) in [6.45, 7) is 7.18. The van der Waals surface area contributed by atoms with E-state index in [0.717, 1.165) is 6.42 Å². The number of amides is 1. The number of carbonyl (C=O) groups is 2. The summed E-state index contributed by atoms with van der Waals surface area (Å²) in [5, 5.41) is 4.61. The normalized spacial score (nSPS) is 14.5. The number of aryl methyl sites for hydroxylation is 2. The molecule has 1 aromatic carbocycles. The molecule has 4 rings (SSSR count). The number of fused-ring (bicyclic) bond motifs is 1. The lowest BCUT2D eigenvalue weighted by Crippen LogP contribution is -2.51. The molecule has 3 heterocycles. The van der Waals surface area contributed by atoms with Gasteiger partial charge in [0.15, 0.2) is 17.9 Å². The van der Waals surface area contributed by atoms with Crippen molar-refractivity contribution in [1.29, 1.82) is 0 Å². The Hall–Kier alpha value is -3.78. The summed E-state index contributed by atoms with van der Waals surface area (Å²) in [6, 6.07) is 4.43. The molecule has 0 bridgehead atoms. The molecule has 0 saturated carbocycles. The van der Waals surface area contributed by atoms with Crippen LogP contribution in [-0.2, 0) is 30.8 Å². The third kappa shape index (κ3) is 5.81. The van der Waals surface area contributed by atoms with E-state index in [-0.39, 0.29) is 49.4 Å². The van der Waals surface area contributed by atoms with Crippen LogP contribution in [0.1, 0.15) is 38.7 Å². The van der Waals surface area contributed by atoms with Crippen LogP contribution in [0, 0.1) is 6.92 Å². The standard InChI is InChI=1S/C25H32N6O7S/c1-5-7-21-26-16(3)23-25(34)27-24(28-31(21)23)19-14-18(8-9-20(19)37-6-2)39(35,36)30-12-10-29(11-13-30)22(33)15-38-17(4)32/h8-9,14H,5-7,10-13,15H2,1-4H3,(H,27,28,34). The molecule has 0 radical (unpaired) electrons. The largest absolute Gasteiger partial charge is 0.493 e. The Morgan fingerprint density at radius 2 is 1.85 bits per heavy atom. The lowest BCUT2D eigenvalue weighted by atomic mass is 10.2. The third-order valence-electron chi connectivity index (χ3n) is 6.35. The summed E-state index contributed by atoms with van der Waals surface area (Å²) in [6.07, 6.45) is 1.43. The molecule has 3 aromatic rings. The van der Waals surface area contributed by atoms with Crippen LogP contribution in [-0.4, -0.2) is 88.5 Å². The average molecular weight is 561 g/mol. The number of nitrogens with zero attached hydrogens (tertiary/aromatic N) is 5. The minimum Gasteiger partial charge on any atom is -0.493 e. The highest BCUT2D eigenvalue weighted by Crippen LogP contribution is 2.31. The second-order valence-corrected chi connectivity index (χ2v) is 11.0. The van der Waals surface area contributed by atoms with E-state index in [1.807, 2.05) is 6.92 Å². The van der Waals surface area contributed by atoms with Crippen molar-refractivity contribution >= 4 is 27.4 Å². The van der Waals surface area contributed by atoms with Gasteiger partial charge in [-0.1, -0.05) is 6.92 Å². The van der Waals surface area contributed by atoms with Gasteiger partial charge in [0, 0.05) is 39.5 Å². The first kappa shape index (κ1) is 28.2. The Balaban J connectivity index is 1.67. The molecule has 2 aromatic heterocycles. The van der Waals surface area contributed by atoms with Crippen LogP contribution in [0.15, 0.2) is 27.9 Å². The Morgan fingerprint density at radius 1 is 1.13 bits per heavy atom. The van der Waals surface area contributed by atoms with E-state index in [0.29, 0.717) is 41.4 Å². The van der Waals surface area contributed by atoms with Crippen LogP contribution in [0.4, 0.5) is 0 Å². The zero-order valence-electron chi connectivity index (χ0n) is 22.4. The first-order valence-electron chi connectivity index (χ1n) is 12.7. The first-order chi connectivity index (χ1) is 18.6. The molecule has 0 unspecified atom stereocenters. The van der Waals surface area contributed by atoms with Gasteiger partial charge in [0.05, 0.1) is 22.8 Å². The van der Waals surface area contributed by atoms with E-state index in [1.54, 1.807) is 19.9 Å². The molecule has 14 heteroatoms. The molecule has 1 aliphatic rings. The molecule has 13 nitrogen and oxygen atoms in total. The van der Waals surface area contributed by atoms with Crippen molar-refractivity contribution in [3.63, 3.8) is 0 Å². The highest BCUT2D eigenvalue weighted by molar-refractivity contribution is 7.89. The number of nitrogens with one attached hydrogen (secondary N) is 1. The number of aromatic amines is 1. The van der Waals surface area contributed by atoms with Crippen molar-refractivity contribution < 1.29 is 27.5 Å². The van der Waals surface area contributed by atoms with Crippen LogP contribution in [0.2, 0.25) is 0 Å². The van der Waals surface area contributed by atoms with Crippen molar-refractivity contribution in [3.05, 3.63) is 40.1 Å². The molecular weight excluding hydrogens is 528 g/mol. The van der Waals surface area contributed by atoms with Crippen molar-refractivity contribution in [2.24, 2.45) is 0 Å². The minimum atomic E-state index is -3.95. The fraction of sp³-hybridized carbons (Fsp3) is 0.480. The number of rotatable bonds is 9. The maximum atomic E-state index is 13.6. The van der Waals surface area contributed by atoms with Crippen LogP contribution in [0.25, 0.3) is 16.9 Å². The number of H-pyrrole nitrogens is 1. The molecule has 1 fully saturated rings. The van der Waals surface area contributed by atoms with Crippen LogP contribution >= 0.6 is 0 Å². The van der Waals surface area contributed by atoms with Gasteiger partial charge in [-0.25, -0.2) is 17.9 Å². The molecule has 1 saturated heterocycles. The molecule has 1 amide bonds. The number of piperazine rings is 1. The first-order valence-corrected chi connectivity index (χ1v) is 14.2. The molecular formula is C25H32N6O7S. The van der Waals surface area contributed by atoms with Crippen molar-refractivity contribution in [2.45, 2.75) is 45.4 Å². The monoisotopic (exact) mass is 560 g/mol. The van der Waals surface area contributed by atoms with Gasteiger partial charge in [-0.2, -0.15) is 4.31 Å². The fourth-order valence-electron chi connectivity index (χ4n) is 4.46. The number of imidazole rings is 1. The molecule has 1 N–H and O–H groups in total. The van der Waals surface area contributed by atoms with Gasteiger partial charge in [-0.15, -0.1) is 5.10 Å². The molecule has 0 atom stereocenters. The van der Waals surface area contributed by atoms with Crippen LogP contribution in [0.3, 0.4) is 0 Å². The number of esters is 1. The van der Waals surface area contributed by atoms with Crippen LogP contribution in [0.5, 0.6) is 5.75 Å². The Morgan fingerprint density at radius 3 is 2.49 bits per heavy atom. The number of carbonyl (C=O) groups excluding carboxylic acids is 2. The smallest absolute Gasteiger partial charge is 0.303 e. The quantitative estimate of drug-likeness (QED) is 0.379. The predicted molar refractivity (Wildman–Crippen MR) is 141 cm³/mol. The topological polar surface area (TPSA) is 156 Å². The third-order valence-corrected chi connectivity index (χ3v) is 8.25. The molecule has 39 heavy (non-hydrogen) atoms. The summed E-state index contributed by atoms with van der Waals surface area (Å²) in [5.74, 6) is 0.223. The maximum Gasteiger partial charge on any atom is 0.303 e. The Bertz CT molecular complexity index is 1550. The molecule has 0 spiro atoms. The lowest BCUT2D eigenvalue weighted by molar-refractivity contribution is -0.150. The Labute approximate surface area is 225 Å². The highest BCUT2D eigenvalue weighted by Gasteiger charge is 2.31. The van der Waals surface area contributed by atoms with Crippen LogP contribution < -0.4 is 10.3 Å². The summed E-state index contributed by atoms with van der Waals surface area (Å²) < 4.78 is 40.4. The van der Waals surface area contributed by atoms with E-state index in [1.165, 1.54) is 32.8 Å². The number of hydrogen-bond acceptors (Lipinski definition) is 9. The molecule has 1 aliphatic heterocycles. The fourth-order valence-corrected chi connectivity index (χ4v) is 5.91. The second-order valence-electron chi connectivity index (χ2n) is 9.08. The molecule has 0 aliphatic carbocycles. The van der Waals surface area contributed by atoms with E-state index < -0.39 is 21.6 Å². The predicted octanol–water partition coefficient (Wildman–Crippen LogP) is 1.14. The number of benzene rings is 1. The van der Waals surface area contributed by atoms with Gasteiger partial charge in [0.1, 0.15) is 11.6 Å². The van der Waals surface area contributed by atoms with E-state index in [9.17, 15) is 22.8 Å². The number of sulfonamides is 1. The summed E-state index contributed by atoms with van der Waals surface area (Å²) in [5.41, 5.74) is 0.828. The zero-order chi connectivity index (χ0) is 28.3. The van der Waals surface area contributed by atoms with Crippen molar-refractivity contribution in [3.8, 4) is 17.1 Å². The number of ether oxygens (including phenoxy) is 2. The van der Waals surface area contributed by atoms with E-state index in [2.05, 4.69) is 15.1 Å². The summed E-state index contributed by atoms with van der Waals surface area (Å²) in [4.78, 5) is 44.9. The van der Waals surface area contributed by atoms with Gasteiger partial charge in [0.25, 0.3) is 11.5 Å². The average Bonchev–Trinajstić information content (AvgIpc) is 3.23. The summed E-state index contributed by atoms with van der Waals surface area (Å²) in [7, 11) is -3.95. The van der Waals surface area contributed by atoms with Gasteiger partial charge in [0.2, 0.25) is 10.0 Å². The Kier molecular flexibility index (Phi) is 8.35. The van der Waals surface area contributed by atoms with E-state index in [4.69, 9.17) is 9.47 Å². The maximum absolute atomic E-state index is 13.6. The number of hydrogen-bond donors (Lipinski definition) is 1. The van der Waals surface area contributed by atoms with Gasteiger partial charge in [-0.3, -0.25) is 14.4 Å². The highest BCUT2D eigenvalue weighted by atomic mass is 32.2. The minimum absolute atomic E-state index is 0.000943. The van der Waals surface area contributed by atoms with E-state index >= 15 is 0 Å². The number of aromatic nitrogens is 4. The van der Waals surface area contributed by atoms with Gasteiger partial charge < -0.3 is 19.4 Å². The second kappa shape index (κ2) is 11.5. The van der Waals surface area contributed by atoms with Gasteiger partial charge in [-0.05, 0) is 38.5 Å².